The van der Waals surface area contributed by atoms with E-state index in [0.717, 1.165) is 29.2 Å². The van der Waals surface area contributed by atoms with Gasteiger partial charge in [-0.3, -0.25) is 0 Å². The number of aromatic nitrogens is 4. The molecule has 5 heteroatoms. The zero-order chi connectivity index (χ0) is 12.4. The maximum absolute atomic E-state index is 5.98. The lowest BCUT2D eigenvalue weighted by Gasteiger charge is -2.09. The summed E-state index contributed by atoms with van der Waals surface area (Å²) in [7, 11) is 0. The molecule has 1 aromatic carbocycles. The lowest BCUT2D eigenvalue weighted by Crippen LogP contribution is -2.06. The van der Waals surface area contributed by atoms with Crippen LogP contribution in [0.15, 0.2) is 18.2 Å². The Bertz CT molecular complexity index is 515. The minimum absolute atomic E-state index is 0.275. The topological polar surface area (TPSA) is 69.6 Å². The highest BCUT2D eigenvalue weighted by Crippen LogP contribution is 2.20. The van der Waals surface area contributed by atoms with Gasteiger partial charge in [0.25, 0.3) is 0 Å². The SMILES string of the molecule is CCc1ccc(-n2nnnc2C(C)C)cc1N. The monoisotopic (exact) mass is 231 g/mol. The molecule has 0 unspecified atom stereocenters. The highest BCUT2D eigenvalue weighted by molar-refractivity contribution is 5.53. The molecule has 0 aliphatic rings. The van der Waals surface area contributed by atoms with E-state index in [-0.39, 0.29) is 5.92 Å². The van der Waals surface area contributed by atoms with Crippen molar-refractivity contribution >= 4 is 5.69 Å². The van der Waals surface area contributed by atoms with Gasteiger partial charge in [0.05, 0.1) is 5.69 Å². The van der Waals surface area contributed by atoms with E-state index < -0.39 is 0 Å². The Labute approximate surface area is 101 Å². The molecule has 0 saturated carbocycles. The molecule has 0 spiro atoms. The van der Waals surface area contributed by atoms with Crippen molar-refractivity contribution in [1.29, 1.82) is 0 Å². The Morgan fingerprint density at radius 1 is 1.35 bits per heavy atom. The summed E-state index contributed by atoms with van der Waals surface area (Å²) in [6.07, 6.45) is 0.929. The lowest BCUT2D eigenvalue weighted by molar-refractivity contribution is 0.710. The van der Waals surface area contributed by atoms with Crippen LogP contribution in [0.5, 0.6) is 0 Å². The third-order valence-corrected chi connectivity index (χ3v) is 2.76. The lowest BCUT2D eigenvalue weighted by atomic mass is 10.1. The average molecular weight is 231 g/mol. The molecule has 2 N–H and O–H groups in total. The number of benzene rings is 1. The van der Waals surface area contributed by atoms with Gasteiger partial charge in [0.1, 0.15) is 0 Å². The maximum atomic E-state index is 5.98. The van der Waals surface area contributed by atoms with Gasteiger partial charge < -0.3 is 5.73 Å². The van der Waals surface area contributed by atoms with Crippen molar-refractivity contribution in [3.05, 3.63) is 29.6 Å². The zero-order valence-corrected chi connectivity index (χ0v) is 10.4. The number of nitrogens with two attached hydrogens (primary N) is 1. The first kappa shape index (κ1) is 11.6. The second-order valence-electron chi connectivity index (χ2n) is 4.34. The van der Waals surface area contributed by atoms with Crippen LogP contribution in [0.2, 0.25) is 0 Å². The second kappa shape index (κ2) is 4.53. The van der Waals surface area contributed by atoms with Gasteiger partial charge in [0.2, 0.25) is 0 Å². The normalized spacial score (nSPS) is 11.1. The van der Waals surface area contributed by atoms with Crippen molar-refractivity contribution in [3.63, 3.8) is 0 Å². The highest BCUT2D eigenvalue weighted by atomic mass is 15.5. The van der Waals surface area contributed by atoms with Crippen molar-refractivity contribution in [1.82, 2.24) is 20.2 Å². The van der Waals surface area contributed by atoms with Crippen molar-refractivity contribution in [2.75, 3.05) is 5.73 Å². The molecule has 17 heavy (non-hydrogen) atoms. The number of nitrogens with zero attached hydrogens (tertiary/aromatic N) is 4. The molecule has 0 aliphatic heterocycles. The van der Waals surface area contributed by atoms with Crippen molar-refractivity contribution in [3.8, 4) is 5.69 Å². The number of hydrogen-bond donors (Lipinski definition) is 1. The van der Waals surface area contributed by atoms with E-state index in [2.05, 4.69) is 36.3 Å². The summed E-state index contributed by atoms with van der Waals surface area (Å²) in [5.41, 5.74) is 8.83. The predicted octanol–water partition coefficient (Wildman–Crippen LogP) is 1.93. The molecule has 0 amide bonds. The van der Waals surface area contributed by atoms with E-state index in [9.17, 15) is 0 Å². The molecule has 90 valence electrons. The van der Waals surface area contributed by atoms with Gasteiger partial charge in [-0.25, -0.2) is 0 Å². The second-order valence-corrected chi connectivity index (χ2v) is 4.34. The van der Waals surface area contributed by atoms with Crippen LogP contribution < -0.4 is 5.73 Å². The standard InChI is InChI=1S/C12H17N5/c1-4-9-5-6-10(7-11(9)13)17-12(8(2)3)14-15-16-17/h5-8H,4,13H2,1-3H3. The third-order valence-electron chi connectivity index (χ3n) is 2.76. The first-order valence-corrected chi connectivity index (χ1v) is 5.80. The van der Waals surface area contributed by atoms with Crippen molar-refractivity contribution in [2.45, 2.75) is 33.1 Å². The molecule has 2 aromatic rings. The Balaban J connectivity index is 2.46. The van der Waals surface area contributed by atoms with Gasteiger partial charge in [0.15, 0.2) is 5.82 Å². The molecule has 1 heterocycles. The largest absolute Gasteiger partial charge is 0.398 e. The minimum atomic E-state index is 0.275. The van der Waals surface area contributed by atoms with E-state index in [1.165, 1.54) is 0 Å². The van der Waals surface area contributed by atoms with Gasteiger partial charge >= 0.3 is 0 Å². The fourth-order valence-electron chi connectivity index (χ4n) is 1.77. The number of aryl methyl sites for hydroxylation is 1. The summed E-state index contributed by atoms with van der Waals surface area (Å²) in [4.78, 5) is 0. The summed E-state index contributed by atoms with van der Waals surface area (Å²) in [6, 6.07) is 5.94. The number of tetrazole rings is 1. The van der Waals surface area contributed by atoms with Crippen LogP contribution in [0.4, 0.5) is 5.69 Å². The molecule has 0 fully saturated rings. The highest BCUT2D eigenvalue weighted by Gasteiger charge is 2.12. The molecular formula is C12H17N5. The minimum Gasteiger partial charge on any atom is -0.398 e. The summed E-state index contributed by atoms with van der Waals surface area (Å²) in [5, 5.41) is 11.7. The Hall–Kier alpha value is -1.91. The first-order chi connectivity index (χ1) is 8.13. The molecule has 0 aliphatic carbocycles. The number of nitrogen functional groups attached to an aromatic ring is 1. The molecule has 2 rings (SSSR count). The quantitative estimate of drug-likeness (QED) is 0.819. The molecule has 0 bridgehead atoms. The van der Waals surface area contributed by atoms with E-state index in [1.807, 2.05) is 18.2 Å². The van der Waals surface area contributed by atoms with Crippen LogP contribution >= 0.6 is 0 Å². The summed E-state index contributed by atoms with van der Waals surface area (Å²) < 4.78 is 1.74. The zero-order valence-electron chi connectivity index (χ0n) is 10.4. The predicted molar refractivity (Wildman–Crippen MR) is 67.0 cm³/mol. The molecule has 0 atom stereocenters. The van der Waals surface area contributed by atoms with Gasteiger partial charge in [0, 0.05) is 11.6 Å². The molecule has 0 radical (unpaired) electrons. The van der Waals surface area contributed by atoms with Gasteiger partial charge in [-0.2, -0.15) is 4.68 Å². The summed E-state index contributed by atoms with van der Waals surface area (Å²) in [6.45, 7) is 6.21. The first-order valence-electron chi connectivity index (χ1n) is 5.80. The van der Waals surface area contributed by atoms with Crippen LogP contribution in [-0.4, -0.2) is 20.2 Å². The molecule has 5 nitrogen and oxygen atoms in total. The van der Waals surface area contributed by atoms with Crippen molar-refractivity contribution in [2.24, 2.45) is 0 Å². The Morgan fingerprint density at radius 3 is 2.71 bits per heavy atom. The van der Waals surface area contributed by atoms with E-state index in [4.69, 9.17) is 5.73 Å². The Morgan fingerprint density at radius 2 is 2.12 bits per heavy atom. The molecule has 1 aromatic heterocycles. The van der Waals surface area contributed by atoms with Crippen LogP contribution in [0.25, 0.3) is 5.69 Å². The molecular weight excluding hydrogens is 214 g/mol. The average Bonchev–Trinajstić information content (AvgIpc) is 2.77. The van der Waals surface area contributed by atoms with Gasteiger partial charge in [-0.15, -0.1) is 5.10 Å². The number of hydrogen-bond acceptors (Lipinski definition) is 4. The molecule has 0 saturated heterocycles. The fourth-order valence-corrected chi connectivity index (χ4v) is 1.77. The smallest absolute Gasteiger partial charge is 0.159 e. The maximum Gasteiger partial charge on any atom is 0.159 e. The van der Waals surface area contributed by atoms with E-state index >= 15 is 0 Å². The van der Waals surface area contributed by atoms with E-state index in [1.54, 1.807) is 4.68 Å². The number of rotatable bonds is 3. The third kappa shape index (κ3) is 2.13. The van der Waals surface area contributed by atoms with Crippen molar-refractivity contribution < 1.29 is 0 Å². The van der Waals surface area contributed by atoms with Crippen LogP contribution in [0, 0.1) is 0 Å². The van der Waals surface area contributed by atoms with E-state index in [0.29, 0.717) is 0 Å². The van der Waals surface area contributed by atoms with Crippen LogP contribution in [0.1, 0.15) is 38.1 Å². The Kier molecular flexibility index (Phi) is 3.08. The van der Waals surface area contributed by atoms with Crippen LogP contribution in [-0.2, 0) is 6.42 Å². The van der Waals surface area contributed by atoms with Gasteiger partial charge in [-0.1, -0.05) is 26.8 Å². The number of anilines is 1. The van der Waals surface area contributed by atoms with Gasteiger partial charge in [-0.05, 0) is 34.5 Å². The fraction of sp³-hybridized carbons (Fsp3) is 0.417. The summed E-state index contributed by atoms with van der Waals surface area (Å²) in [5.74, 6) is 1.12. The summed E-state index contributed by atoms with van der Waals surface area (Å²) >= 11 is 0. The van der Waals surface area contributed by atoms with Crippen LogP contribution in [0.3, 0.4) is 0 Å².